The Morgan fingerprint density at radius 2 is 1.96 bits per heavy atom. The molecule has 8 heteroatoms. The number of carboxylic acids is 1. The third kappa shape index (κ3) is 5.52. The summed E-state index contributed by atoms with van der Waals surface area (Å²) in [5.41, 5.74) is 0.977. The summed E-state index contributed by atoms with van der Waals surface area (Å²) in [7, 11) is -3.64. The van der Waals surface area contributed by atoms with E-state index in [0.717, 1.165) is 12.0 Å². The molecule has 1 aliphatic heterocycles. The van der Waals surface area contributed by atoms with Crippen molar-refractivity contribution in [1.82, 2.24) is 9.62 Å². The van der Waals surface area contributed by atoms with Crippen molar-refractivity contribution < 1.29 is 23.1 Å². The number of sulfonamides is 1. The third-order valence-corrected chi connectivity index (χ3v) is 6.80. The molecule has 27 heavy (non-hydrogen) atoms. The number of rotatable bonds is 8. The van der Waals surface area contributed by atoms with Crippen LogP contribution in [-0.4, -0.2) is 49.3 Å². The first kappa shape index (κ1) is 21.4. The van der Waals surface area contributed by atoms with Crippen molar-refractivity contribution in [1.29, 1.82) is 0 Å². The Balaban J connectivity index is 2.01. The minimum absolute atomic E-state index is 0.0726. The minimum Gasteiger partial charge on any atom is -0.481 e. The molecule has 150 valence electrons. The van der Waals surface area contributed by atoms with Gasteiger partial charge in [-0.25, -0.2) is 8.42 Å². The predicted molar refractivity (Wildman–Crippen MR) is 102 cm³/mol. The van der Waals surface area contributed by atoms with Gasteiger partial charge in [0.2, 0.25) is 15.9 Å². The number of carboxylic acid groups (broad SMARTS) is 1. The molecule has 0 aromatic heterocycles. The average molecular weight is 397 g/mol. The van der Waals surface area contributed by atoms with Gasteiger partial charge < -0.3 is 10.4 Å². The molecule has 0 bridgehead atoms. The Hall–Kier alpha value is -1.93. The fourth-order valence-electron chi connectivity index (χ4n) is 3.26. The Kier molecular flexibility index (Phi) is 7.38. The Morgan fingerprint density at radius 1 is 1.30 bits per heavy atom. The number of amides is 1. The van der Waals surface area contributed by atoms with Crippen molar-refractivity contribution in [3.8, 4) is 0 Å². The number of benzene rings is 1. The van der Waals surface area contributed by atoms with Gasteiger partial charge >= 0.3 is 5.97 Å². The van der Waals surface area contributed by atoms with Gasteiger partial charge in [0.05, 0.1) is 16.7 Å². The van der Waals surface area contributed by atoms with Crippen molar-refractivity contribution in [2.45, 2.75) is 44.4 Å². The first-order chi connectivity index (χ1) is 12.8. The van der Waals surface area contributed by atoms with Crippen LogP contribution in [0.15, 0.2) is 29.2 Å². The van der Waals surface area contributed by atoms with Crippen LogP contribution >= 0.6 is 0 Å². The number of carbonyl (C=O) groups is 2. The molecule has 1 aromatic carbocycles. The number of aliphatic carboxylic acids is 1. The van der Waals surface area contributed by atoms with E-state index in [0.29, 0.717) is 25.8 Å². The highest BCUT2D eigenvalue weighted by atomic mass is 32.2. The van der Waals surface area contributed by atoms with Crippen LogP contribution in [0.5, 0.6) is 0 Å². The van der Waals surface area contributed by atoms with Crippen molar-refractivity contribution >= 4 is 21.9 Å². The number of hydrogen-bond donors (Lipinski definition) is 2. The molecular formula is C19H28N2O5S. The van der Waals surface area contributed by atoms with Gasteiger partial charge in [0, 0.05) is 19.6 Å². The van der Waals surface area contributed by atoms with E-state index in [1.54, 1.807) is 24.3 Å². The highest BCUT2D eigenvalue weighted by molar-refractivity contribution is 7.89. The second-order valence-corrected chi connectivity index (χ2v) is 9.02. The zero-order valence-electron chi connectivity index (χ0n) is 15.8. The van der Waals surface area contributed by atoms with Gasteiger partial charge in [-0.2, -0.15) is 4.31 Å². The lowest BCUT2D eigenvalue weighted by molar-refractivity contribution is -0.142. The molecule has 0 saturated carbocycles. The summed E-state index contributed by atoms with van der Waals surface area (Å²) in [6, 6.07) is 6.66. The third-order valence-electron chi connectivity index (χ3n) is 4.92. The van der Waals surface area contributed by atoms with Crippen LogP contribution in [-0.2, 0) is 19.6 Å². The summed E-state index contributed by atoms with van der Waals surface area (Å²) in [6.45, 7) is 4.36. The van der Waals surface area contributed by atoms with E-state index in [-0.39, 0.29) is 23.9 Å². The molecule has 1 aromatic rings. The molecule has 1 saturated heterocycles. The van der Waals surface area contributed by atoms with Crippen LogP contribution in [0.2, 0.25) is 0 Å². The summed E-state index contributed by atoms with van der Waals surface area (Å²) < 4.78 is 27.0. The van der Waals surface area contributed by atoms with E-state index in [4.69, 9.17) is 0 Å². The molecule has 0 radical (unpaired) electrons. The Bertz CT molecular complexity index is 761. The maximum absolute atomic E-state index is 12.8. The van der Waals surface area contributed by atoms with E-state index in [9.17, 15) is 23.1 Å². The molecule has 0 aliphatic carbocycles. The highest BCUT2D eigenvalue weighted by Crippen LogP contribution is 2.24. The number of nitrogens with zero attached hydrogens (tertiary/aromatic N) is 1. The van der Waals surface area contributed by atoms with Gasteiger partial charge in [0.1, 0.15) is 0 Å². The zero-order chi connectivity index (χ0) is 20.0. The molecule has 2 atom stereocenters. The van der Waals surface area contributed by atoms with Crippen LogP contribution in [0.1, 0.15) is 38.2 Å². The molecule has 2 N–H and O–H groups in total. The van der Waals surface area contributed by atoms with Gasteiger partial charge in [-0.05, 0) is 38.3 Å². The first-order valence-corrected chi connectivity index (χ1v) is 10.8. The van der Waals surface area contributed by atoms with Crippen molar-refractivity contribution in [2.24, 2.45) is 11.8 Å². The van der Waals surface area contributed by atoms with Crippen LogP contribution in [0, 0.1) is 18.8 Å². The number of nitrogens with one attached hydrogen (secondary N) is 1. The van der Waals surface area contributed by atoms with Crippen molar-refractivity contribution in [3.63, 3.8) is 0 Å². The number of aryl methyl sites for hydroxylation is 1. The summed E-state index contributed by atoms with van der Waals surface area (Å²) >= 11 is 0. The highest BCUT2D eigenvalue weighted by Gasteiger charge is 2.33. The van der Waals surface area contributed by atoms with Crippen molar-refractivity contribution in [3.05, 3.63) is 29.8 Å². The molecule has 1 heterocycles. The second kappa shape index (κ2) is 9.32. The van der Waals surface area contributed by atoms with Crippen molar-refractivity contribution in [2.75, 3.05) is 19.6 Å². The van der Waals surface area contributed by atoms with Crippen LogP contribution in [0.3, 0.4) is 0 Å². The molecular weight excluding hydrogens is 368 g/mol. The fourth-order valence-corrected chi connectivity index (χ4v) is 4.79. The lowest BCUT2D eigenvalue weighted by Crippen LogP contribution is -2.46. The lowest BCUT2D eigenvalue weighted by atomic mass is 9.98. The molecule has 2 unspecified atom stereocenters. The van der Waals surface area contributed by atoms with Crippen LogP contribution in [0.25, 0.3) is 0 Å². The molecule has 7 nitrogen and oxygen atoms in total. The molecule has 1 amide bonds. The Morgan fingerprint density at radius 3 is 2.56 bits per heavy atom. The normalized spacial score (nSPS) is 19.4. The zero-order valence-corrected chi connectivity index (χ0v) is 16.7. The monoisotopic (exact) mass is 396 g/mol. The number of hydrogen-bond acceptors (Lipinski definition) is 4. The average Bonchev–Trinajstić information content (AvgIpc) is 2.65. The minimum atomic E-state index is -3.64. The Labute approximate surface area is 160 Å². The largest absolute Gasteiger partial charge is 0.481 e. The predicted octanol–water partition coefficient (Wildman–Crippen LogP) is 2.01. The summed E-state index contributed by atoms with van der Waals surface area (Å²) in [5, 5.41) is 11.9. The molecule has 1 fully saturated rings. The standard InChI is InChI=1S/C19H28N2O5S/c1-3-5-15(19(23)24)12-20-18(22)16-6-4-11-21(13-16)27(25,26)17-9-7-14(2)8-10-17/h7-10,15-16H,3-6,11-13H2,1-2H3,(H,20,22)(H,23,24). The van der Waals surface area contributed by atoms with Gasteiger partial charge in [-0.3, -0.25) is 9.59 Å². The SMILES string of the molecule is CCCC(CNC(=O)C1CCCN(S(=O)(=O)c2ccc(C)cc2)C1)C(=O)O. The van der Waals surface area contributed by atoms with E-state index in [2.05, 4.69) is 5.32 Å². The molecule has 1 aliphatic rings. The second-order valence-electron chi connectivity index (χ2n) is 7.08. The number of piperidine rings is 1. The van der Waals surface area contributed by atoms with E-state index in [1.165, 1.54) is 4.31 Å². The van der Waals surface area contributed by atoms with E-state index >= 15 is 0 Å². The quantitative estimate of drug-likeness (QED) is 0.700. The maximum atomic E-state index is 12.8. The number of carbonyl (C=O) groups excluding carboxylic acids is 1. The fraction of sp³-hybridized carbons (Fsp3) is 0.579. The van der Waals surface area contributed by atoms with Gasteiger partial charge in [-0.15, -0.1) is 0 Å². The lowest BCUT2D eigenvalue weighted by Gasteiger charge is -2.31. The van der Waals surface area contributed by atoms with Gasteiger partial charge in [-0.1, -0.05) is 31.0 Å². The first-order valence-electron chi connectivity index (χ1n) is 9.33. The molecule has 0 spiro atoms. The molecule has 2 rings (SSSR count). The maximum Gasteiger partial charge on any atom is 0.308 e. The van der Waals surface area contributed by atoms with Crippen LogP contribution in [0.4, 0.5) is 0 Å². The smallest absolute Gasteiger partial charge is 0.308 e. The van der Waals surface area contributed by atoms with Gasteiger partial charge in [0.25, 0.3) is 0 Å². The summed E-state index contributed by atoms with van der Waals surface area (Å²) in [4.78, 5) is 23.9. The topological polar surface area (TPSA) is 104 Å². The van der Waals surface area contributed by atoms with Crippen LogP contribution < -0.4 is 5.32 Å². The summed E-state index contributed by atoms with van der Waals surface area (Å²) in [6.07, 6.45) is 2.41. The van der Waals surface area contributed by atoms with Gasteiger partial charge in [0.15, 0.2) is 0 Å². The van der Waals surface area contributed by atoms with E-state index < -0.39 is 27.8 Å². The van der Waals surface area contributed by atoms with E-state index in [1.807, 2.05) is 13.8 Å². The summed E-state index contributed by atoms with van der Waals surface area (Å²) in [5.74, 6) is -2.28.